The van der Waals surface area contributed by atoms with Gasteiger partial charge in [-0.1, -0.05) is 0 Å². The number of piperidine rings is 1. The lowest BCUT2D eigenvalue weighted by Gasteiger charge is -2.33. The van der Waals surface area contributed by atoms with Crippen LogP contribution < -0.4 is 5.32 Å². The maximum Gasteiger partial charge on any atom is 0.291 e. The number of aromatic nitrogens is 1. The number of fused-ring (bicyclic) bond motifs is 1. The topological polar surface area (TPSA) is 58.4 Å². The molecule has 0 aromatic carbocycles. The van der Waals surface area contributed by atoms with Crippen molar-refractivity contribution in [3.05, 3.63) is 17.8 Å². The Bertz CT molecular complexity index is 429. The minimum Gasteiger partial charge on any atom is -0.438 e. The van der Waals surface area contributed by atoms with Crippen LogP contribution in [0.1, 0.15) is 22.7 Å². The van der Waals surface area contributed by atoms with Gasteiger partial charge in [-0.3, -0.25) is 4.79 Å². The van der Waals surface area contributed by atoms with E-state index >= 15 is 0 Å². The maximum absolute atomic E-state index is 12.2. The van der Waals surface area contributed by atoms with Gasteiger partial charge in [-0.2, -0.15) is 0 Å². The number of amides is 1. The summed E-state index contributed by atoms with van der Waals surface area (Å²) in [5, 5.41) is 3.40. The van der Waals surface area contributed by atoms with Crippen LogP contribution in [0.5, 0.6) is 0 Å². The minimum atomic E-state index is -0.00894. The van der Waals surface area contributed by atoms with E-state index in [1.165, 1.54) is 6.39 Å². The highest BCUT2D eigenvalue weighted by Crippen LogP contribution is 2.27. The van der Waals surface area contributed by atoms with Crippen LogP contribution in [0.15, 0.2) is 10.8 Å². The molecule has 1 aromatic heterocycles. The van der Waals surface area contributed by atoms with Gasteiger partial charge < -0.3 is 14.6 Å². The Hall–Kier alpha value is -1.36. The van der Waals surface area contributed by atoms with Gasteiger partial charge in [0.2, 0.25) is 5.76 Å². The van der Waals surface area contributed by atoms with E-state index in [-0.39, 0.29) is 5.91 Å². The van der Waals surface area contributed by atoms with Gasteiger partial charge in [0.05, 0.1) is 5.69 Å². The van der Waals surface area contributed by atoms with Crippen molar-refractivity contribution in [2.45, 2.75) is 13.3 Å². The number of hydrogen-bond donors (Lipinski definition) is 1. The Morgan fingerprint density at radius 3 is 3.12 bits per heavy atom. The Balaban J connectivity index is 1.73. The molecule has 2 aliphatic rings. The lowest BCUT2D eigenvalue weighted by molar-refractivity contribution is 0.0610. The molecule has 2 aliphatic heterocycles. The molecule has 5 nitrogen and oxygen atoms in total. The first-order valence-corrected chi connectivity index (χ1v) is 6.16. The minimum absolute atomic E-state index is 0.00894. The van der Waals surface area contributed by atoms with E-state index in [4.69, 9.17) is 4.42 Å². The van der Waals surface area contributed by atoms with Gasteiger partial charge in [-0.25, -0.2) is 4.98 Å². The Labute approximate surface area is 100 Å². The van der Waals surface area contributed by atoms with Crippen molar-refractivity contribution in [1.82, 2.24) is 15.2 Å². The van der Waals surface area contributed by atoms with Gasteiger partial charge in [0.25, 0.3) is 5.91 Å². The number of oxazole rings is 1. The van der Waals surface area contributed by atoms with Crippen molar-refractivity contribution in [3.8, 4) is 0 Å². The van der Waals surface area contributed by atoms with Gasteiger partial charge >= 0.3 is 0 Å². The predicted octanol–water partition coefficient (Wildman–Crippen LogP) is 0.665. The number of likely N-dealkylation sites (tertiary alicyclic amines) is 1. The van der Waals surface area contributed by atoms with Gasteiger partial charge in [-0.05, 0) is 38.3 Å². The summed E-state index contributed by atoms with van der Waals surface area (Å²) in [6.45, 7) is 5.62. The first-order chi connectivity index (χ1) is 8.25. The average molecular weight is 235 g/mol. The molecule has 1 aromatic rings. The van der Waals surface area contributed by atoms with Gasteiger partial charge in [0, 0.05) is 13.1 Å². The van der Waals surface area contributed by atoms with Crippen molar-refractivity contribution in [1.29, 1.82) is 0 Å². The molecular weight excluding hydrogens is 218 g/mol. The number of hydrogen-bond acceptors (Lipinski definition) is 4. The summed E-state index contributed by atoms with van der Waals surface area (Å²) in [7, 11) is 0. The van der Waals surface area contributed by atoms with E-state index in [1.54, 1.807) is 6.92 Å². The van der Waals surface area contributed by atoms with Gasteiger partial charge in [0.15, 0.2) is 6.39 Å². The summed E-state index contributed by atoms with van der Waals surface area (Å²) < 4.78 is 5.17. The van der Waals surface area contributed by atoms with Crippen molar-refractivity contribution in [2.24, 2.45) is 11.8 Å². The van der Waals surface area contributed by atoms with Gasteiger partial charge in [0.1, 0.15) is 0 Å². The zero-order valence-electron chi connectivity index (χ0n) is 9.98. The third kappa shape index (κ3) is 1.84. The molecule has 17 heavy (non-hydrogen) atoms. The molecule has 2 atom stereocenters. The molecule has 0 radical (unpaired) electrons. The van der Waals surface area contributed by atoms with Crippen LogP contribution in [-0.4, -0.2) is 42.0 Å². The fraction of sp³-hybridized carbons (Fsp3) is 0.667. The SMILES string of the molecule is Cc1ncoc1C(=O)N1CCC2CNCC2C1. The summed E-state index contributed by atoms with van der Waals surface area (Å²) in [5.41, 5.74) is 0.682. The van der Waals surface area contributed by atoms with E-state index in [1.807, 2.05) is 4.90 Å². The molecule has 2 fully saturated rings. The van der Waals surface area contributed by atoms with E-state index < -0.39 is 0 Å². The molecule has 1 N–H and O–H groups in total. The molecule has 2 saturated heterocycles. The van der Waals surface area contributed by atoms with E-state index in [2.05, 4.69) is 10.3 Å². The van der Waals surface area contributed by atoms with Crippen molar-refractivity contribution in [3.63, 3.8) is 0 Å². The lowest BCUT2D eigenvalue weighted by Crippen LogP contribution is -2.43. The standard InChI is InChI=1S/C12H17N3O2/c1-8-11(17-7-14-8)12(16)15-3-2-9-4-13-5-10(9)6-15/h7,9-10,13H,2-6H2,1H3. The molecule has 92 valence electrons. The normalized spacial score (nSPS) is 28.2. The van der Waals surface area contributed by atoms with E-state index in [0.29, 0.717) is 17.4 Å². The van der Waals surface area contributed by atoms with Gasteiger partial charge in [-0.15, -0.1) is 0 Å². The van der Waals surface area contributed by atoms with Crippen LogP contribution in [0.3, 0.4) is 0 Å². The molecule has 0 aliphatic carbocycles. The predicted molar refractivity (Wildman–Crippen MR) is 61.6 cm³/mol. The summed E-state index contributed by atoms with van der Waals surface area (Å²) >= 11 is 0. The quantitative estimate of drug-likeness (QED) is 0.777. The molecule has 0 saturated carbocycles. The zero-order valence-corrected chi connectivity index (χ0v) is 9.98. The first-order valence-electron chi connectivity index (χ1n) is 6.16. The molecule has 0 spiro atoms. The highest BCUT2D eigenvalue weighted by Gasteiger charge is 2.35. The molecule has 3 heterocycles. The van der Waals surface area contributed by atoms with Crippen LogP contribution in [0.2, 0.25) is 0 Å². The monoisotopic (exact) mass is 235 g/mol. The Kier molecular flexibility index (Phi) is 2.63. The van der Waals surface area contributed by atoms with Crippen LogP contribution in [0.4, 0.5) is 0 Å². The molecule has 1 amide bonds. The molecule has 2 unspecified atom stereocenters. The maximum atomic E-state index is 12.2. The molecule has 5 heteroatoms. The third-order valence-electron chi connectivity index (χ3n) is 3.93. The number of carbonyl (C=O) groups is 1. The molecule has 0 bridgehead atoms. The number of aryl methyl sites for hydroxylation is 1. The van der Waals surface area contributed by atoms with Crippen molar-refractivity contribution < 1.29 is 9.21 Å². The average Bonchev–Trinajstić information content (AvgIpc) is 2.95. The highest BCUT2D eigenvalue weighted by molar-refractivity contribution is 5.92. The van der Waals surface area contributed by atoms with Crippen LogP contribution >= 0.6 is 0 Å². The third-order valence-corrected chi connectivity index (χ3v) is 3.93. The Morgan fingerprint density at radius 2 is 2.35 bits per heavy atom. The van der Waals surface area contributed by atoms with E-state index in [0.717, 1.165) is 38.5 Å². The molecular formula is C12H17N3O2. The summed E-state index contributed by atoms with van der Waals surface area (Å²) in [6.07, 6.45) is 2.43. The van der Waals surface area contributed by atoms with Crippen LogP contribution in [0.25, 0.3) is 0 Å². The second-order valence-electron chi connectivity index (χ2n) is 4.99. The fourth-order valence-electron chi connectivity index (χ4n) is 2.87. The van der Waals surface area contributed by atoms with Crippen molar-refractivity contribution in [2.75, 3.05) is 26.2 Å². The number of nitrogens with zero attached hydrogens (tertiary/aromatic N) is 2. The number of rotatable bonds is 1. The van der Waals surface area contributed by atoms with Crippen molar-refractivity contribution >= 4 is 5.91 Å². The first kappa shape index (κ1) is 10.8. The zero-order chi connectivity index (χ0) is 11.8. The number of nitrogens with one attached hydrogen (secondary N) is 1. The summed E-state index contributed by atoms with van der Waals surface area (Å²) in [5.74, 6) is 1.74. The van der Waals surface area contributed by atoms with Crippen LogP contribution in [-0.2, 0) is 0 Å². The van der Waals surface area contributed by atoms with E-state index in [9.17, 15) is 4.79 Å². The largest absolute Gasteiger partial charge is 0.438 e. The second kappa shape index (κ2) is 4.14. The second-order valence-corrected chi connectivity index (χ2v) is 4.99. The summed E-state index contributed by atoms with van der Waals surface area (Å²) in [4.78, 5) is 18.1. The Morgan fingerprint density at radius 1 is 1.53 bits per heavy atom. The number of carbonyl (C=O) groups excluding carboxylic acids is 1. The lowest BCUT2D eigenvalue weighted by atomic mass is 9.88. The fourth-order valence-corrected chi connectivity index (χ4v) is 2.87. The smallest absolute Gasteiger partial charge is 0.291 e. The highest BCUT2D eigenvalue weighted by atomic mass is 16.3. The van der Waals surface area contributed by atoms with Crippen LogP contribution in [0, 0.1) is 18.8 Å². The molecule has 3 rings (SSSR count). The summed E-state index contributed by atoms with van der Waals surface area (Å²) in [6, 6.07) is 0.